The number of hydrogen-bond acceptors (Lipinski definition) is 7. The van der Waals surface area contributed by atoms with Gasteiger partial charge in [-0.1, -0.05) is 26.5 Å². The number of pyridine rings is 2. The van der Waals surface area contributed by atoms with Crippen LogP contribution in [0.1, 0.15) is 37.9 Å². The van der Waals surface area contributed by atoms with Crippen molar-refractivity contribution in [3.63, 3.8) is 0 Å². The van der Waals surface area contributed by atoms with Crippen molar-refractivity contribution < 1.29 is 18.0 Å². The molecular formula is C31H31F3N6O2S. The van der Waals surface area contributed by atoms with Gasteiger partial charge in [0.05, 0.1) is 22.3 Å². The van der Waals surface area contributed by atoms with Gasteiger partial charge in [0.25, 0.3) is 5.91 Å². The maximum Gasteiger partial charge on any atom is 0.355 e. The molecule has 0 spiro atoms. The third-order valence-electron chi connectivity index (χ3n) is 7.58. The molecule has 43 heavy (non-hydrogen) atoms. The van der Waals surface area contributed by atoms with Crippen molar-refractivity contribution in [1.82, 2.24) is 24.4 Å². The number of aromatic nitrogens is 4. The lowest BCUT2D eigenvalue weighted by atomic mass is 10.0. The van der Waals surface area contributed by atoms with E-state index in [1.54, 1.807) is 42.5 Å². The summed E-state index contributed by atoms with van der Waals surface area (Å²) in [7, 11) is 0. The van der Waals surface area contributed by atoms with Gasteiger partial charge in [-0.25, -0.2) is 27.5 Å². The third-order valence-corrected chi connectivity index (χ3v) is 8.36. The van der Waals surface area contributed by atoms with Gasteiger partial charge in [-0.2, -0.15) is 4.98 Å². The number of rotatable bonds is 6. The SMILES string of the molecule is C=C(F)C(=O)N1CCN(c2nc(=O)n(-c3c(C)ccnc3C(C)C)c3nc(-c4c(F)cccc4SC)c(F)cc23)C(C)C1. The summed E-state index contributed by atoms with van der Waals surface area (Å²) in [6.07, 6.45) is 3.41. The molecule has 1 amide bonds. The van der Waals surface area contributed by atoms with Crippen LogP contribution in [0.4, 0.5) is 19.0 Å². The van der Waals surface area contributed by atoms with Gasteiger partial charge in [0.15, 0.2) is 17.3 Å². The van der Waals surface area contributed by atoms with E-state index in [1.807, 2.05) is 20.8 Å². The summed E-state index contributed by atoms with van der Waals surface area (Å²) in [5, 5.41) is 0.224. The van der Waals surface area contributed by atoms with Crippen molar-refractivity contribution in [3.05, 3.63) is 82.3 Å². The molecule has 5 rings (SSSR count). The summed E-state index contributed by atoms with van der Waals surface area (Å²) in [5.41, 5.74) is 0.985. The molecule has 1 aliphatic heterocycles. The third kappa shape index (κ3) is 5.39. The van der Waals surface area contributed by atoms with Gasteiger partial charge >= 0.3 is 5.69 Å². The fourth-order valence-electron chi connectivity index (χ4n) is 5.52. The molecule has 4 heterocycles. The predicted octanol–water partition coefficient (Wildman–Crippen LogP) is 5.79. The van der Waals surface area contributed by atoms with E-state index in [0.717, 1.165) is 5.56 Å². The first-order chi connectivity index (χ1) is 20.4. The van der Waals surface area contributed by atoms with E-state index in [0.29, 0.717) is 16.3 Å². The molecule has 0 bridgehead atoms. The van der Waals surface area contributed by atoms with Crippen LogP contribution in [0.2, 0.25) is 0 Å². The lowest BCUT2D eigenvalue weighted by Crippen LogP contribution is -2.54. The summed E-state index contributed by atoms with van der Waals surface area (Å²) >= 11 is 1.25. The van der Waals surface area contributed by atoms with Crippen molar-refractivity contribution in [3.8, 4) is 16.9 Å². The minimum atomic E-state index is -1.06. The molecule has 1 aliphatic rings. The zero-order chi connectivity index (χ0) is 31.2. The highest BCUT2D eigenvalue weighted by Crippen LogP contribution is 2.37. The number of benzene rings is 1. The van der Waals surface area contributed by atoms with Crippen LogP contribution in [-0.4, -0.2) is 62.3 Å². The lowest BCUT2D eigenvalue weighted by Gasteiger charge is -2.40. The van der Waals surface area contributed by atoms with E-state index in [-0.39, 0.29) is 53.7 Å². The number of amides is 1. The largest absolute Gasteiger partial charge is 0.355 e. The quantitative estimate of drug-likeness (QED) is 0.202. The van der Waals surface area contributed by atoms with Crippen molar-refractivity contribution >= 4 is 34.5 Å². The van der Waals surface area contributed by atoms with Crippen molar-refractivity contribution in [2.45, 2.75) is 44.6 Å². The standard InChI is InChI=1S/C31H31F3N6O2S/c1-16(2)25-27(17(3)10-11-35-25)40-29-20(14-22(34)26(36-29)24-21(33)8-7-9-23(24)43-6)28(37-31(40)42)39-13-12-38(15-18(39)4)30(41)19(5)32/h7-11,14,16,18H,5,12-13,15H2,1-4,6H3. The predicted molar refractivity (Wildman–Crippen MR) is 163 cm³/mol. The van der Waals surface area contributed by atoms with Crippen LogP contribution in [0.25, 0.3) is 28.0 Å². The Morgan fingerprint density at radius 2 is 1.88 bits per heavy atom. The number of carbonyl (C=O) groups excluding carboxylic acids is 1. The molecule has 12 heteroatoms. The van der Waals surface area contributed by atoms with Crippen LogP contribution in [-0.2, 0) is 4.79 Å². The Bertz CT molecular complexity index is 1830. The Labute approximate surface area is 251 Å². The average Bonchev–Trinajstić information content (AvgIpc) is 2.96. The molecule has 3 aromatic heterocycles. The van der Waals surface area contributed by atoms with Crippen molar-refractivity contribution in [2.24, 2.45) is 0 Å². The smallest absolute Gasteiger partial charge is 0.350 e. The second kappa shape index (κ2) is 11.8. The van der Waals surface area contributed by atoms with Crippen LogP contribution in [0, 0.1) is 18.6 Å². The molecule has 4 aromatic rings. The molecule has 224 valence electrons. The number of nitrogens with zero attached hydrogens (tertiary/aromatic N) is 6. The van der Waals surface area contributed by atoms with E-state index in [9.17, 15) is 14.0 Å². The second-order valence-corrected chi connectivity index (χ2v) is 11.6. The Balaban J connectivity index is 1.82. The van der Waals surface area contributed by atoms with Gasteiger partial charge < -0.3 is 9.80 Å². The highest BCUT2D eigenvalue weighted by molar-refractivity contribution is 7.98. The molecule has 1 atom stereocenters. The molecule has 1 aromatic carbocycles. The van der Waals surface area contributed by atoms with Crippen LogP contribution in [0.15, 0.2) is 58.6 Å². The molecule has 0 N–H and O–H groups in total. The van der Waals surface area contributed by atoms with Gasteiger partial charge in [-0.05, 0) is 55.9 Å². The molecule has 0 saturated carbocycles. The highest BCUT2D eigenvalue weighted by Gasteiger charge is 2.32. The summed E-state index contributed by atoms with van der Waals surface area (Å²) in [6.45, 7) is 11.1. The molecular weight excluding hydrogens is 577 g/mol. The van der Waals surface area contributed by atoms with E-state index in [1.165, 1.54) is 33.4 Å². The first-order valence-electron chi connectivity index (χ1n) is 13.8. The molecule has 0 aliphatic carbocycles. The Morgan fingerprint density at radius 3 is 2.53 bits per heavy atom. The molecule has 8 nitrogen and oxygen atoms in total. The van der Waals surface area contributed by atoms with Crippen LogP contribution in [0.3, 0.4) is 0 Å². The van der Waals surface area contributed by atoms with E-state index in [2.05, 4.69) is 21.5 Å². The van der Waals surface area contributed by atoms with Gasteiger partial charge in [-0.3, -0.25) is 9.78 Å². The van der Waals surface area contributed by atoms with E-state index in [4.69, 9.17) is 0 Å². The fraction of sp³-hybridized carbons (Fsp3) is 0.323. The number of anilines is 1. The Kier molecular flexibility index (Phi) is 8.33. The first kappa shape index (κ1) is 30.3. The molecule has 1 unspecified atom stereocenters. The topological polar surface area (TPSA) is 84.2 Å². The van der Waals surface area contributed by atoms with Crippen molar-refractivity contribution in [1.29, 1.82) is 0 Å². The maximum atomic E-state index is 16.0. The highest BCUT2D eigenvalue weighted by atomic mass is 32.2. The Morgan fingerprint density at radius 1 is 1.14 bits per heavy atom. The normalized spacial score (nSPS) is 15.4. The second-order valence-electron chi connectivity index (χ2n) is 10.8. The van der Waals surface area contributed by atoms with Gasteiger partial charge in [0.2, 0.25) is 0 Å². The van der Waals surface area contributed by atoms with Crippen LogP contribution < -0.4 is 10.6 Å². The average molecular weight is 609 g/mol. The lowest BCUT2D eigenvalue weighted by molar-refractivity contribution is -0.129. The Hall–Kier alpha value is -4.19. The molecule has 0 radical (unpaired) electrons. The number of carbonyl (C=O) groups is 1. The summed E-state index contributed by atoms with van der Waals surface area (Å²) in [5.74, 6) is -3.22. The van der Waals surface area contributed by atoms with Gasteiger partial charge in [-0.15, -0.1) is 11.8 Å². The van der Waals surface area contributed by atoms with E-state index >= 15 is 8.78 Å². The monoisotopic (exact) mass is 608 g/mol. The van der Waals surface area contributed by atoms with Gasteiger partial charge in [0, 0.05) is 36.8 Å². The molecule has 1 fully saturated rings. The number of thioether (sulfide) groups is 1. The number of fused-ring (bicyclic) bond motifs is 1. The minimum Gasteiger partial charge on any atom is -0.350 e. The fourth-order valence-corrected chi connectivity index (χ4v) is 6.13. The summed E-state index contributed by atoms with van der Waals surface area (Å²) < 4.78 is 46.2. The number of piperazine rings is 1. The maximum absolute atomic E-state index is 16.0. The summed E-state index contributed by atoms with van der Waals surface area (Å²) in [6, 6.07) is 7.03. The van der Waals surface area contributed by atoms with Crippen molar-refractivity contribution in [2.75, 3.05) is 30.8 Å². The zero-order valence-electron chi connectivity index (χ0n) is 24.5. The summed E-state index contributed by atoms with van der Waals surface area (Å²) in [4.78, 5) is 43.4. The van der Waals surface area contributed by atoms with Crippen LogP contribution in [0.5, 0.6) is 0 Å². The van der Waals surface area contributed by atoms with Crippen LogP contribution >= 0.6 is 11.8 Å². The first-order valence-corrected chi connectivity index (χ1v) is 15.0. The number of halogens is 3. The zero-order valence-corrected chi connectivity index (χ0v) is 25.3. The number of hydrogen-bond donors (Lipinski definition) is 0. The number of aryl methyl sites for hydroxylation is 1. The molecule has 1 saturated heterocycles. The minimum absolute atomic E-state index is 0.00861. The van der Waals surface area contributed by atoms with Gasteiger partial charge in [0.1, 0.15) is 17.3 Å². The van der Waals surface area contributed by atoms with E-state index < -0.39 is 35.1 Å².